The number of carbonyl (C=O) groups excluding carboxylic acids is 1. The van der Waals surface area contributed by atoms with Crippen LogP contribution in [0.4, 0.5) is 0 Å². The van der Waals surface area contributed by atoms with Crippen LogP contribution in [-0.4, -0.2) is 27.5 Å². The van der Waals surface area contributed by atoms with Crippen LogP contribution in [0.15, 0.2) is 24.3 Å². The van der Waals surface area contributed by atoms with E-state index in [1.165, 1.54) is 13.8 Å². The summed E-state index contributed by atoms with van der Waals surface area (Å²) in [6, 6.07) is 7.47. The summed E-state index contributed by atoms with van der Waals surface area (Å²) in [6.07, 6.45) is 0. The van der Waals surface area contributed by atoms with Crippen molar-refractivity contribution < 1.29 is 14.7 Å². The van der Waals surface area contributed by atoms with Crippen LogP contribution in [-0.2, 0) is 4.79 Å². The highest BCUT2D eigenvalue weighted by Crippen LogP contribution is 2.19. The van der Waals surface area contributed by atoms with Crippen LogP contribution in [0.1, 0.15) is 29.9 Å². The highest BCUT2D eigenvalue weighted by Gasteiger charge is 2.29. The third-order valence-corrected chi connectivity index (χ3v) is 3.09. The second kappa shape index (κ2) is 4.42. The Kier molecular flexibility index (Phi) is 3.06. The maximum absolute atomic E-state index is 12.0. The van der Waals surface area contributed by atoms with E-state index in [1.807, 2.05) is 25.1 Å². The number of fused-ring (bicyclic) bond motifs is 1. The molecule has 1 heterocycles. The zero-order chi connectivity index (χ0) is 14.2. The Balaban J connectivity index is 2.32. The lowest BCUT2D eigenvalue weighted by molar-refractivity contribution is -0.143. The summed E-state index contributed by atoms with van der Waals surface area (Å²) in [5.41, 5.74) is 0.978. The maximum Gasteiger partial charge on any atom is 0.328 e. The van der Waals surface area contributed by atoms with Crippen molar-refractivity contribution in [3.05, 3.63) is 35.5 Å². The van der Waals surface area contributed by atoms with E-state index < -0.39 is 17.4 Å². The van der Waals surface area contributed by atoms with Crippen molar-refractivity contribution in [3.8, 4) is 0 Å². The molecular formula is C14H16N2O3. The number of aryl methyl sites for hydroxylation is 1. The molecule has 0 bridgehead atoms. The topological polar surface area (TPSA) is 82.2 Å². The highest BCUT2D eigenvalue weighted by molar-refractivity contribution is 6.00. The van der Waals surface area contributed by atoms with Gasteiger partial charge in [0.25, 0.3) is 5.91 Å². The number of carbonyl (C=O) groups is 2. The molecule has 5 nitrogen and oxygen atoms in total. The van der Waals surface area contributed by atoms with Gasteiger partial charge in [-0.25, -0.2) is 4.79 Å². The summed E-state index contributed by atoms with van der Waals surface area (Å²) in [5, 5.41) is 12.4. The van der Waals surface area contributed by atoms with E-state index >= 15 is 0 Å². The van der Waals surface area contributed by atoms with Crippen LogP contribution in [0.3, 0.4) is 0 Å². The maximum atomic E-state index is 12.0. The summed E-state index contributed by atoms with van der Waals surface area (Å²) in [5.74, 6) is -1.50. The molecule has 0 saturated carbocycles. The first-order valence-corrected chi connectivity index (χ1v) is 5.95. The van der Waals surface area contributed by atoms with Gasteiger partial charge in [-0.3, -0.25) is 4.79 Å². The van der Waals surface area contributed by atoms with Crippen molar-refractivity contribution in [2.24, 2.45) is 0 Å². The minimum Gasteiger partial charge on any atom is -0.480 e. The lowest BCUT2D eigenvalue weighted by Gasteiger charge is -2.20. The molecule has 0 aliphatic heterocycles. The van der Waals surface area contributed by atoms with Crippen LogP contribution in [0.5, 0.6) is 0 Å². The van der Waals surface area contributed by atoms with Gasteiger partial charge in [0.05, 0.1) is 0 Å². The Morgan fingerprint density at radius 1 is 1.32 bits per heavy atom. The van der Waals surface area contributed by atoms with Gasteiger partial charge in [-0.2, -0.15) is 0 Å². The second-order valence-electron chi connectivity index (χ2n) is 5.10. The first-order chi connectivity index (χ1) is 8.81. The zero-order valence-electron chi connectivity index (χ0n) is 11.1. The Bertz CT molecular complexity index is 656. The largest absolute Gasteiger partial charge is 0.480 e. The molecule has 0 fully saturated rings. The molecular weight excluding hydrogens is 244 g/mol. The number of nitrogens with one attached hydrogen (secondary N) is 2. The number of rotatable bonds is 3. The number of benzene rings is 1. The van der Waals surface area contributed by atoms with E-state index in [-0.39, 0.29) is 0 Å². The fourth-order valence-electron chi connectivity index (χ4n) is 1.83. The normalized spacial score (nSPS) is 11.5. The number of hydrogen-bond donors (Lipinski definition) is 3. The molecule has 2 aromatic rings. The molecule has 2 rings (SSSR count). The predicted octanol–water partition coefficient (Wildman–Crippen LogP) is 2.07. The lowest BCUT2D eigenvalue weighted by atomic mass is 10.1. The summed E-state index contributed by atoms with van der Waals surface area (Å²) in [4.78, 5) is 26.0. The van der Waals surface area contributed by atoms with Gasteiger partial charge in [0.2, 0.25) is 0 Å². The molecule has 19 heavy (non-hydrogen) atoms. The molecule has 0 saturated heterocycles. The lowest BCUT2D eigenvalue weighted by Crippen LogP contribution is -2.49. The van der Waals surface area contributed by atoms with E-state index in [4.69, 9.17) is 5.11 Å². The second-order valence-corrected chi connectivity index (χ2v) is 5.10. The Morgan fingerprint density at radius 2 is 2.00 bits per heavy atom. The molecule has 1 aromatic heterocycles. The van der Waals surface area contributed by atoms with Gasteiger partial charge in [-0.1, -0.05) is 12.1 Å². The van der Waals surface area contributed by atoms with Gasteiger partial charge in [0, 0.05) is 10.9 Å². The van der Waals surface area contributed by atoms with E-state index in [2.05, 4.69) is 10.3 Å². The summed E-state index contributed by atoms with van der Waals surface area (Å²) >= 11 is 0. The molecule has 3 N–H and O–H groups in total. The average molecular weight is 260 g/mol. The number of aliphatic carboxylic acids is 1. The van der Waals surface area contributed by atoms with Gasteiger partial charge in [-0.05, 0) is 38.5 Å². The molecule has 5 heteroatoms. The van der Waals surface area contributed by atoms with Crippen molar-refractivity contribution in [1.29, 1.82) is 0 Å². The third kappa shape index (κ3) is 2.45. The summed E-state index contributed by atoms with van der Waals surface area (Å²) in [6.45, 7) is 4.85. The average Bonchev–Trinajstić information content (AvgIpc) is 2.73. The zero-order valence-corrected chi connectivity index (χ0v) is 11.1. The fourth-order valence-corrected chi connectivity index (χ4v) is 1.83. The van der Waals surface area contributed by atoms with Gasteiger partial charge >= 0.3 is 5.97 Å². The Morgan fingerprint density at radius 3 is 2.58 bits per heavy atom. The van der Waals surface area contributed by atoms with Crippen molar-refractivity contribution in [2.75, 3.05) is 0 Å². The van der Waals surface area contributed by atoms with E-state index in [1.54, 1.807) is 6.07 Å². The Hall–Kier alpha value is -2.30. The third-order valence-electron chi connectivity index (χ3n) is 3.09. The van der Waals surface area contributed by atoms with E-state index in [0.717, 1.165) is 16.5 Å². The molecule has 0 atom stereocenters. The number of amides is 1. The molecule has 1 aromatic carbocycles. The quantitative estimate of drug-likeness (QED) is 0.790. The summed E-state index contributed by atoms with van der Waals surface area (Å²) < 4.78 is 0. The molecule has 100 valence electrons. The van der Waals surface area contributed by atoms with E-state index in [0.29, 0.717) is 5.69 Å². The molecule has 1 amide bonds. The molecule has 0 radical (unpaired) electrons. The first kappa shape index (κ1) is 13.1. The Labute approximate surface area is 110 Å². The van der Waals surface area contributed by atoms with E-state index in [9.17, 15) is 9.59 Å². The summed E-state index contributed by atoms with van der Waals surface area (Å²) in [7, 11) is 0. The van der Waals surface area contributed by atoms with Gasteiger partial charge in [-0.15, -0.1) is 0 Å². The van der Waals surface area contributed by atoms with Crippen molar-refractivity contribution in [3.63, 3.8) is 0 Å². The van der Waals surface area contributed by atoms with Crippen LogP contribution < -0.4 is 5.32 Å². The number of carboxylic acids is 1. The van der Waals surface area contributed by atoms with Gasteiger partial charge < -0.3 is 15.4 Å². The molecule has 0 aliphatic rings. The van der Waals surface area contributed by atoms with Crippen LogP contribution >= 0.6 is 0 Å². The number of H-pyrrole nitrogens is 1. The standard InChI is InChI=1S/C14H16N2O3/c1-8-5-4-6-10-9(8)7-11(15-10)12(17)16-14(2,3)13(18)19/h4-7,15H,1-3H3,(H,16,17)(H,18,19). The number of carboxylic acid groups (broad SMARTS) is 1. The highest BCUT2D eigenvalue weighted by atomic mass is 16.4. The fraction of sp³-hybridized carbons (Fsp3) is 0.286. The van der Waals surface area contributed by atoms with Crippen molar-refractivity contribution in [2.45, 2.75) is 26.3 Å². The first-order valence-electron chi connectivity index (χ1n) is 5.95. The predicted molar refractivity (Wildman–Crippen MR) is 72.2 cm³/mol. The van der Waals surface area contributed by atoms with Crippen LogP contribution in [0, 0.1) is 6.92 Å². The monoisotopic (exact) mass is 260 g/mol. The van der Waals surface area contributed by atoms with Crippen LogP contribution in [0.2, 0.25) is 0 Å². The van der Waals surface area contributed by atoms with Gasteiger partial charge in [0.15, 0.2) is 0 Å². The smallest absolute Gasteiger partial charge is 0.328 e. The molecule has 0 spiro atoms. The number of hydrogen-bond acceptors (Lipinski definition) is 2. The SMILES string of the molecule is Cc1cccc2[nH]c(C(=O)NC(C)(C)C(=O)O)cc12. The van der Waals surface area contributed by atoms with Crippen molar-refractivity contribution in [1.82, 2.24) is 10.3 Å². The van der Waals surface area contributed by atoms with Gasteiger partial charge in [0.1, 0.15) is 11.2 Å². The van der Waals surface area contributed by atoms with Crippen molar-refractivity contribution >= 4 is 22.8 Å². The molecule has 0 unspecified atom stereocenters. The minimum atomic E-state index is -1.30. The number of aromatic nitrogens is 1. The molecule has 0 aliphatic carbocycles. The minimum absolute atomic E-state index is 0.360. The van der Waals surface area contributed by atoms with Crippen LogP contribution in [0.25, 0.3) is 10.9 Å². The number of aromatic amines is 1.